The number of aromatic amines is 1. The third-order valence-corrected chi connectivity index (χ3v) is 7.08. The molecule has 3 atom stereocenters. The summed E-state index contributed by atoms with van der Waals surface area (Å²) < 4.78 is 12.1. The molecule has 2 unspecified atom stereocenters. The largest absolute Gasteiger partial charge is 0.493 e. The van der Waals surface area contributed by atoms with Crippen LogP contribution in [-0.2, 0) is 0 Å². The summed E-state index contributed by atoms with van der Waals surface area (Å²) in [6.07, 6.45) is 4.74. The first-order valence-corrected chi connectivity index (χ1v) is 12.0. The zero-order valence-corrected chi connectivity index (χ0v) is 20.4. The van der Waals surface area contributed by atoms with Crippen LogP contribution in [0.3, 0.4) is 0 Å². The fourth-order valence-electron chi connectivity index (χ4n) is 5.42. The fourth-order valence-corrected chi connectivity index (χ4v) is 5.42. The van der Waals surface area contributed by atoms with E-state index in [2.05, 4.69) is 30.6 Å². The van der Waals surface area contributed by atoms with E-state index in [-0.39, 0.29) is 6.10 Å². The highest BCUT2D eigenvalue weighted by Crippen LogP contribution is 2.37. The maximum Gasteiger partial charge on any atom is 0.171 e. The highest BCUT2D eigenvalue weighted by molar-refractivity contribution is 5.94. The minimum Gasteiger partial charge on any atom is -0.493 e. The SMILES string of the molecule is COc1cc(-c2n[nH]c3ccc(O[C@H](C)c4c(C)cnnc4C)cc23)cnc1N1CC2CC(C1)N2. The molecule has 2 bridgehead atoms. The van der Waals surface area contributed by atoms with Gasteiger partial charge in [-0.15, -0.1) is 0 Å². The molecule has 35 heavy (non-hydrogen) atoms. The maximum absolute atomic E-state index is 6.33. The van der Waals surface area contributed by atoms with Gasteiger partial charge in [0.15, 0.2) is 11.6 Å². The Balaban J connectivity index is 1.30. The van der Waals surface area contributed by atoms with E-state index in [0.717, 1.165) is 69.4 Å². The molecule has 0 radical (unpaired) electrons. The van der Waals surface area contributed by atoms with E-state index >= 15 is 0 Å². The number of H-pyrrole nitrogens is 1. The Morgan fingerprint density at radius 2 is 1.91 bits per heavy atom. The topological polar surface area (TPSA) is 101 Å². The van der Waals surface area contributed by atoms with Gasteiger partial charge in [0, 0.05) is 47.9 Å². The maximum atomic E-state index is 6.33. The summed E-state index contributed by atoms with van der Waals surface area (Å²) in [6, 6.07) is 9.09. The molecule has 3 fully saturated rings. The van der Waals surface area contributed by atoms with Crippen LogP contribution in [0, 0.1) is 13.8 Å². The quantitative estimate of drug-likeness (QED) is 0.439. The molecule has 0 spiro atoms. The Morgan fingerprint density at radius 1 is 1.11 bits per heavy atom. The summed E-state index contributed by atoms with van der Waals surface area (Å²) in [5.41, 5.74) is 5.65. The van der Waals surface area contributed by atoms with Crippen molar-refractivity contribution < 1.29 is 9.47 Å². The number of nitrogens with zero attached hydrogens (tertiary/aromatic N) is 5. The summed E-state index contributed by atoms with van der Waals surface area (Å²) >= 11 is 0. The van der Waals surface area contributed by atoms with E-state index < -0.39 is 0 Å². The molecule has 6 heterocycles. The highest BCUT2D eigenvalue weighted by atomic mass is 16.5. The number of piperidine rings is 1. The number of rotatable bonds is 6. The van der Waals surface area contributed by atoms with Gasteiger partial charge in [-0.05, 0) is 57.0 Å². The number of pyridine rings is 1. The number of aryl methyl sites for hydroxylation is 2. The third-order valence-electron chi connectivity index (χ3n) is 7.08. The number of fused-ring (bicyclic) bond motifs is 3. The Morgan fingerprint density at radius 3 is 2.66 bits per heavy atom. The van der Waals surface area contributed by atoms with Gasteiger partial charge in [-0.3, -0.25) is 5.10 Å². The Kier molecular flexibility index (Phi) is 5.29. The van der Waals surface area contributed by atoms with Crippen LogP contribution in [0.5, 0.6) is 11.5 Å². The van der Waals surface area contributed by atoms with Gasteiger partial charge < -0.3 is 19.7 Å². The molecule has 3 aliphatic rings. The van der Waals surface area contributed by atoms with E-state index in [1.165, 1.54) is 6.42 Å². The lowest BCUT2D eigenvalue weighted by atomic mass is 9.91. The van der Waals surface area contributed by atoms with E-state index in [1.54, 1.807) is 13.3 Å². The van der Waals surface area contributed by atoms with Gasteiger partial charge >= 0.3 is 0 Å². The molecule has 9 heteroatoms. The summed E-state index contributed by atoms with van der Waals surface area (Å²) in [5.74, 6) is 2.42. The number of methoxy groups -OCH3 is 1. The van der Waals surface area contributed by atoms with Crippen LogP contribution < -0.4 is 19.7 Å². The van der Waals surface area contributed by atoms with E-state index in [9.17, 15) is 0 Å². The number of ether oxygens (including phenoxy) is 2. The van der Waals surface area contributed by atoms with Crippen molar-refractivity contribution in [2.75, 3.05) is 25.1 Å². The standard InChI is InChI=1S/C26H29N7O2/c1-14-10-28-30-15(2)24(14)16(3)35-20-5-6-22-21(9-20)25(32-31-22)17-7-23(34-4)26(27-11-17)33-12-18-8-19(13-33)29-18/h5-7,9-11,16,18-19,29H,8,12-13H2,1-4H3,(H,31,32)/t16-,18?,19?/m1/s1. The van der Waals surface area contributed by atoms with Gasteiger partial charge in [0.25, 0.3) is 0 Å². The van der Waals surface area contributed by atoms with Crippen LogP contribution in [0.1, 0.15) is 36.3 Å². The molecule has 2 N–H and O–H groups in total. The first kappa shape index (κ1) is 21.8. The van der Waals surface area contributed by atoms with E-state index in [1.807, 2.05) is 51.2 Å². The third kappa shape index (κ3) is 3.85. The second-order valence-electron chi connectivity index (χ2n) is 9.52. The van der Waals surface area contributed by atoms with Crippen LogP contribution in [0.2, 0.25) is 0 Å². The van der Waals surface area contributed by atoms with Crippen LogP contribution >= 0.6 is 0 Å². The van der Waals surface area contributed by atoms with Gasteiger partial charge in [-0.2, -0.15) is 15.3 Å². The van der Waals surface area contributed by atoms with Crippen LogP contribution in [0.25, 0.3) is 22.2 Å². The summed E-state index contributed by atoms with van der Waals surface area (Å²) in [6.45, 7) is 7.93. The monoisotopic (exact) mass is 471 g/mol. The lowest BCUT2D eigenvalue weighted by molar-refractivity contribution is 0.224. The zero-order chi connectivity index (χ0) is 24.1. The number of nitrogens with one attached hydrogen (secondary N) is 2. The number of hydrogen-bond donors (Lipinski definition) is 2. The predicted octanol–water partition coefficient (Wildman–Crippen LogP) is 3.73. The molecule has 4 aromatic rings. The normalized spacial score (nSPS) is 19.9. The minimum absolute atomic E-state index is 0.162. The van der Waals surface area contributed by atoms with Crippen molar-refractivity contribution in [3.05, 3.63) is 53.5 Å². The molecule has 1 aromatic carbocycles. The molecule has 0 saturated carbocycles. The molecule has 180 valence electrons. The molecule has 3 aromatic heterocycles. The Hall–Kier alpha value is -3.72. The van der Waals surface area contributed by atoms with Crippen molar-refractivity contribution in [1.82, 2.24) is 30.7 Å². The van der Waals surface area contributed by atoms with Crippen molar-refractivity contribution in [2.24, 2.45) is 0 Å². The number of aromatic nitrogens is 5. The van der Waals surface area contributed by atoms with Crippen LogP contribution in [0.4, 0.5) is 5.82 Å². The van der Waals surface area contributed by atoms with Gasteiger partial charge in [-0.1, -0.05) is 0 Å². The lowest BCUT2D eigenvalue weighted by Crippen LogP contribution is -2.67. The summed E-state index contributed by atoms with van der Waals surface area (Å²) in [4.78, 5) is 7.11. The van der Waals surface area contributed by atoms with Crippen molar-refractivity contribution in [3.8, 4) is 22.8 Å². The minimum atomic E-state index is -0.162. The van der Waals surface area contributed by atoms with Crippen LogP contribution in [-0.4, -0.2) is 57.7 Å². The average Bonchev–Trinajstić information content (AvgIpc) is 3.26. The molecule has 9 nitrogen and oxygen atoms in total. The second-order valence-corrected chi connectivity index (χ2v) is 9.52. The fraction of sp³-hybridized carbons (Fsp3) is 0.385. The van der Waals surface area contributed by atoms with E-state index in [0.29, 0.717) is 12.1 Å². The van der Waals surface area contributed by atoms with Crippen molar-refractivity contribution >= 4 is 16.7 Å². The molecule has 7 rings (SSSR count). The summed E-state index contributed by atoms with van der Waals surface area (Å²) in [5, 5.41) is 20.5. The second kappa shape index (κ2) is 8.49. The number of anilines is 1. The van der Waals surface area contributed by atoms with Gasteiger partial charge in [0.05, 0.1) is 24.5 Å². The Bertz CT molecular complexity index is 1370. The molecular formula is C26H29N7O2. The average molecular weight is 472 g/mol. The number of benzene rings is 1. The van der Waals surface area contributed by atoms with Crippen LogP contribution in [0.15, 0.2) is 36.7 Å². The lowest BCUT2D eigenvalue weighted by Gasteiger charge is -2.48. The molecule has 0 amide bonds. The highest BCUT2D eigenvalue weighted by Gasteiger charge is 2.37. The molecular weight excluding hydrogens is 442 g/mol. The predicted molar refractivity (Wildman–Crippen MR) is 134 cm³/mol. The van der Waals surface area contributed by atoms with Crippen molar-refractivity contribution in [1.29, 1.82) is 0 Å². The smallest absolute Gasteiger partial charge is 0.171 e. The van der Waals surface area contributed by atoms with Gasteiger partial charge in [-0.25, -0.2) is 4.98 Å². The van der Waals surface area contributed by atoms with Gasteiger partial charge in [0.2, 0.25) is 0 Å². The first-order valence-electron chi connectivity index (χ1n) is 12.0. The zero-order valence-electron chi connectivity index (χ0n) is 20.4. The van der Waals surface area contributed by atoms with Gasteiger partial charge in [0.1, 0.15) is 17.5 Å². The van der Waals surface area contributed by atoms with E-state index in [4.69, 9.17) is 14.5 Å². The number of hydrogen-bond acceptors (Lipinski definition) is 8. The summed E-state index contributed by atoms with van der Waals surface area (Å²) in [7, 11) is 1.70. The number of piperazine rings is 1. The molecule has 3 saturated heterocycles. The molecule has 3 aliphatic heterocycles. The van der Waals surface area contributed by atoms with Crippen molar-refractivity contribution in [2.45, 2.75) is 45.4 Å². The van der Waals surface area contributed by atoms with Crippen molar-refractivity contribution in [3.63, 3.8) is 0 Å². The molecule has 0 aliphatic carbocycles. The first-order chi connectivity index (χ1) is 17.0. The Labute approximate surface area is 203 Å².